The molecule has 0 spiro atoms. The van der Waals surface area contributed by atoms with Crippen LogP contribution in [-0.4, -0.2) is 11.0 Å². The van der Waals surface area contributed by atoms with Gasteiger partial charge in [-0.05, 0) is 32.1 Å². The largest absolute Gasteiger partial charge is 0.308 e. The lowest BCUT2D eigenvalue weighted by Gasteiger charge is -2.31. The smallest absolute Gasteiger partial charge is 0.0926 e. The van der Waals surface area contributed by atoms with E-state index in [2.05, 4.69) is 29.5 Å². The highest BCUT2D eigenvalue weighted by Crippen LogP contribution is 2.29. The molecule has 1 aliphatic rings. The zero-order valence-electron chi connectivity index (χ0n) is 9.62. The predicted molar refractivity (Wildman–Crippen MR) is 65.1 cm³/mol. The van der Waals surface area contributed by atoms with Gasteiger partial charge in [-0.2, -0.15) is 0 Å². The zero-order chi connectivity index (χ0) is 10.7. The molecule has 15 heavy (non-hydrogen) atoms. The van der Waals surface area contributed by atoms with Crippen LogP contribution in [-0.2, 0) is 13.0 Å². The molecule has 0 aromatic carbocycles. The molecule has 2 rings (SSSR count). The van der Waals surface area contributed by atoms with Crippen LogP contribution < -0.4 is 5.32 Å². The third-order valence-electron chi connectivity index (χ3n) is 3.36. The fraction of sp³-hybridized carbons (Fsp3) is 0.750. The van der Waals surface area contributed by atoms with Gasteiger partial charge < -0.3 is 5.32 Å². The number of thiazole rings is 1. The van der Waals surface area contributed by atoms with Gasteiger partial charge in [-0.15, -0.1) is 11.3 Å². The van der Waals surface area contributed by atoms with Crippen molar-refractivity contribution < 1.29 is 0 Å². The average molecular weight is 224 g/mol. The van der Waals surface area contributed by atoms with Crippen molar-refractivity contribution in [1.29, 1.82) is 0 Å². The first-order chi connectivity index (χ1) is 7.29. The first-order valence-electron chi connectivity index (χ1n) is 5.96. The van der Waals surface area contributed by atoms with E-state index in [1.165, 1.54) is 30.0 Å². The van der Waals surface area contributed by atoms with Gasteiger partial charge in [0.2, 0.25) is 0 Å². The van der Waals surface area contributed by atoms with Gasteiger partial charge in [0.25, 0.3) is 0 Å². The van der Waals surface area contributed by atoms with Crippen molar-refractivity contribution in [1.82, 2.24) is 10.3 Å². The second-order valence-electron chi connectivity index (χ2n) is 4.45. The molecule has 0 radical (unpaired) electrons. The van der Waals surface area contributed by atoms with Crippen LogP contribution in [0.25, 0.3) is 0 Å². The first-order valence-corrected chi connectivity index (χ1v) is 6.84. The number of aromatic nitrogens is 1. The minimum atomic E-state index is 0.658. The maximum absolute atomic E-state index is 4.56. The molecule has 1 aromatic rings. The summed E-state index contributed by atoms with van der Waals surface area (Å²) in [6.45, 7) is 5.40. The molecule has 1 aliphatic carbocycles. The maximum atomic E-state index is 4.56. The van der Waals surface area contributed by atoms with Crippen LogP contribution >= 0.6 is 11.3 Å². The molecule has 0 amide bonds. The summed E-state index contributed by atoms with van der Waals surface area (Å²) >= 11 is 1.78. The molecule has 2 nitrogen and oxygen atoms in total. The Hall–Kier alpha value is -0.410. The van der Waals surface area contributed by atoms with Crippen LogP contribution in [0.2, 0.25) is 0 Å². The molecule has 0 aliphatic heterocycles. The predicted octanol–water partition coefficient (Wildman–Crippen LogP) is 2.98. The minimum absolute atomic E-state index is 0.658. The molecule has 3 heteroatoms. The van der Waals surface area contributed by atoms with Crippen molar-refractivity contribution >= 4 is 11.3 Å². The van der Waals surface area contributed by atoms with E-state index >= 15 is 0 Å². The number of aryl methyl sites for hydroxylation is 1. The third kappa shape index (κ3) is 2.79. The summed E-state index contributed by atoms with van der Waals surface area (Å²) < 4.78 is 0. The number of nitrogens with zero attached hydrogens (tertiary/aromatic N) is 1. The average Bonchev–Trinajstić information content (AvgIpc) is 2.59. The Morgan fingerprint density at radius 1 is 1.60 bits per heavy atom. The highest BCUT2D eigenvalue weighted by Gasteiger charge is 2.23. The van der Waals surface area contributed by atoms with E-state index in [0.29, 0.717) is 6.04 Å². The summed E-state index contributed by atoms with van der Waals surface area (Å²) in [5, 5.41) is 7.02. The van der Waals surface area contributed by atoms with Gasteiger partial charge >= 0.3 is 0 Å². The Kier molecular flexibility index (Phi) is 3.76. The van der Waals surface area contributed by atoms with Gasteiger partial charge in [-0.25, -0.2) is 4.98 Å². The van der Waals surface area contributed by atoms with Crippen LogP contribution in [0.5, 0.6) is 0 Å². The summed E-state index contributed by atoms with van der Waals surface area (Å²) in [4.78, 5) is 4.56. The molecular formula is C12H20N2S. The summed E-state index contributed by atoms with van der Waals surface area (Å²) in [7, 11) is 0. The number of hydrogen-bond donors (Lipinski definition) is 1. The van der Waals surface area contributed by atoms with Crippen molar-refractivity contribution in [2.45, 2.75) is 52.1 Å². The molecule has 84 valence electrons. The molecule has 1 aromatic heterocycles. The Morgan fingerprint density at radius 3 is 2.93 bits per heavy atom. The maximum Gasteiger partial charge on any atom is 0.0926 e. The van der Waals surface area contributed by atoms with Crippen LogP contribution in [0, 0.1) is 5.92 Å². The molecule has 1 saturated carbocycles. The number of rotatable bonds is 5. The van der Waals surface area contributed by atoms with Gasteiger partial charge in [0.15, 0.2) is 0 Å². The van der Waals surface area contributed by atoms with Crippen molar-refractivity contribution in [3.05, 3.63) is 16.1 Å². The lowest BCUT2D eigenvalue weighted by molar-refractivity contribution is 0.239. The molecule has 1 unspecified atom stereocenters. The van der Waals surface area contributed by atoms with Crippen molar-refractivity contribution in [2.24, 2.45) is 5.92 Å². The van der Waals surface area contributed by atoms with Crippen LogP contribution in [0.15, 0.2) is 5.38 Å². The highest BCUT2D eigenvalue weighted by molar-refractivity contribution is 7.09. The highest BCUT2D eigenvalue weighted by atomic mass is 32.1. The van der Waals surface area contributed by atoms with Crippen LogP contribution in [0.1, 0.15) is 43.8 Å². The van der Waals surface area contributed by atoms with Gasteiger partial charge in [-0.1, -0.05) is 13.3 Å². The van der Waals surface area contributed by atoms with Crippen LogP contribution in [0.4, 0.5) is 0 Å². The lowest BCUT2D eigenvalue weighted by Crippen LogP contribution is -2.36. The molecule has 0 saturated heterocycles. The second kappa shape index (κ2) is 5.08. The molecule has 0 bridgehead atoms. The van der Waals surface area contributed by atoms with E-state index in [1.54, 1.807) is 11.3 Å². The molecule has 1 atom stereocenters. The summed E-state index contributed by atoms with van der Waals surface area (Å²) in [6.07, 6.45) is 5.30. The van der Waals surface area contributed by atoms with E-state index in [4.69, 9.17) is 0 Å². The summed E-state index contributed by atoms with van der Waals surface area (Å²) in [6, 6.07) is 0.658. The first kappa shape index (κ1) is 11.1. The Labute approximate surface area is 96.1 Å². The third-order valence-corrected chi connectivity index (χ3v) is 4.41. The standard InChI is InChI=1S/C12H20N2S/c1-3-12-14-11(8-15-12)7-13-9(2)10-5-4-6-10/h8-10,13H,3-7H2,1-2H3. The van der Waals surface area contributed by atoms with Gasteiger partial charge in [0.1, 0.15) is 0 Å². The Morgan fingerprint density at radius 2 is 2.40 bits per heavy atom. The van der Waals surface area contributed by atoms with Gasteiger partial charge in [-0.3, -0.25) is 0 Å². The molecule has 1 N–H and O–H groups in total. The molecule has 1 fully saturated rings. The number of hydrogen-bond acceptors (Lipinski definition) is 3. The Bertz CT molecular complexity index is 304. The SMILES string of the molecule is CCc1nc(CNC(C)C2CCC2)cs1. The summed E-state index contributed by atoms with van der Waals surface area (Å²) in [5.41, 5.74) is 1.21. The van der Waals surface area contributed by atoms with Crippen molar-refractivity contribution in [3.8, 4) is 0 Å². The van der Waals surface area contributed by atoms with Gasteiger partial charge in [0, 0.05) is 18.0 Å². The van der Waals surface area contributed by atoms with Gasteiger partial charge in [0.05, 0.1) is 10.7 Å². The second-order valence-corrected chi connectivity index (χ2v) is 5.39. The minimum Gasteiger partial charge on any atom is -0.308 e. The van der Waals surface area contributed by atoms with E-state index in [1.807, 2.05) is 0 Å². The molecular weight excluding hydrogens is 204 g/mol. The quantitative estimate of drug-likeness (QED) is 0.831. The lowest BCUT2D eigenvalue weighted by atomic mass is 9.80. The summed E-state index contributed by atoms with van der Waals surface area (Å²) in [5.74, 6) is 0.911. The van der Waals surface area contributed by atoms with Crippen molar-refractivity contribution in [3.63, 3.8) is 0 Å². The topological polar surface area (TPSA) is 24.9 Å². The van der Waals surface area contributed by atoms with Crippen LogP contribution in [0.3, 0.4) is 0 Å². The fourth-order valence-corrected chi connectivity index (χ4v) is 2.71. The van der Waals surface area contributed by atoms with E-state index in [-0.39, 0.29) is 0 Å². The number of nitrogens with one attached hydrogen (secondary N) is 1. The Balaban J connectivity index is 1.76. The van der Waals surface area contributed by atoms with E-state index in [0.717, 1.165) is 18.9 Å². The zero-order valence-corrected chi connectivity index (χ0v) is 10.4. The van der Waals surface area contributed by atoms with E-state index in [9.17, 15) is 0 Å². The normalized spacial score (nSPS) is 18.8. The van der Waals surface area contributed by atoms with E-state index < -0.39 is 0 Å². The van der Waals surface area contributed by atoms with Crippen molar-refractivity contribution in [2.75, 3.05) is 0 Å². The fourth-order valence-electron chi connectivity index (χ4n) is 1.96. The molecule has 1 heterocycles. The monoisotopic (exact) mass is 224 g/mol.